The first-order valence-corrected chi connectivity index (χ1v) is 9.47. The number of fused-ring (bicyclic) bond motifs is 3. The predicted octanol–water partition coefficient (Wildman–Crippen LogP) is 6.96. The number of rotatable bonds is 5. The zero-order valence-corrected chi connectivity index (χ0v) is 15.4. The molecule has 0 aliphatic carbocycles. The third-order valence-electron chi connectivity index (χ3n) is 3.70. The van der Waals surface area contributed by atoms with Gasteiger partial charge in [0.2, 0.25) is 0 Å². The van der Waals surface area contributed by atoms with Gasteiger partial charge in [0, 0.05) is 16.4 Å². The van der Waals surface area contributed by atoms with E-state index in [9.17, 15) is 0 Å². The Labute approximate surface area is 140 Å². The van der Waals surface area contributed by atoms with E-state index < -0.39 is 0 Å². The Bertz CT molecular complexity index is 742. The van der Waals surface area contributed by atoms with Crippen molar-refractivity contribution < 1.29 is 0 Å². The Balaban J connectivity index is 2.06. The molecule has 1 nitrogen and oxygen atoms in total. The van der Waals surface area contributed by atoms with E-state index in [0.717, 1.165) is 11.0 Å². The minimum absolute atomic E-state index is 1.12. The van der Waals surface area contributed by atoms with Crippen LogP contribution in [0.25, 0.3) is 21.1 Å². The van der Waals surface area contributed by atoms with Gasteiger partial charge in [0.15, 0.2) is 0 Å². The zero-order valence-electron chi connectivity index (χ0n) is 11.5. The molecule has 0 spiro atoms. The number of hydrogen-bond donors (Lipinski definition) is 0. The molecule has 2 aromatic heterocycles. The average Bonchev–Trinajstić information content (AvgIpc) is 2.92. The summed E-state index contributed by atoms with van der Waals surface area (Å²) in [6.07, 6.45) is 5.20. The Kier molecular flexibility index (Phi) is 4.53. The molecule has 0 atom stereocenters. The summed E-state index contributed by atoms with van der Waals surface area (Å²) in [6, 6.07) is 8.88. The fraction of sp³-hybridized carbons (Fsp3) is 0.375. The molecule has 0 aliphatic heterocycles. The number of unbranched alkanes of at least 4 members (excludes halogenated alkanes) is 3. The molecule has 0 N–H and O–H groups in total. The third-order valence-corrected chi connectivity index (χ3v) is 5.86. The van der Waals surface area contributed by atoms with Crippen LogP contribution in [0, 0.1) is 0 Å². The molecular formula is C16H17Br2NS. The maximum absolute atomic E-state index is 3.63. The quantitative estimate of drug-likeness (QED) is 0.397. The van der Waals surface area contributed by atoms with E-state index in [1.54, 1.807) is 0 Å². The van der Waals surface area contributed by atoms with Crippen molar-refractivity contribution >= 4 is 64.3 Å². The van der Waals surface area contributed by atoms with Crippen LogP contribution >= 0.6 is 43.2 Å². The second kappa shape index (κ2) is 6.20. The van der Waals surface area contributed by atoms with Gasteiger partial charge in [-0.25, -0.2) is 0 Å². The highest BCUT2D eigenvalue weighted by atomic mass is 79.9. The molecule has 0 saturated carbocycles. The third kappa shape index (κ3) is 2.70. The van der Waals surface area contributed by atoms with Crippen molar-refractivity contribution in [3.05, 3.63) is 32.5 Å². The Morgan fingerprint density at radius 2 is 1.90 bits per heavy atom. The minimum atomic E-state index is 1.12. The van der Waals surface area contributed by atoms with Gasteiger partial charge in [-0.05, 0) is 46.6 Å². The summed E-state index contributed by atoms with van der Waals surface area (Å²) < 4.78 is 6.24. The summed E-state index contributed by atoms with van der Waals surface area (Å²) in [7, 11) is 0. The van der Waals surface area contributed by atoms with Crippen molar-refractivity contribution in [1.82, 2.24) is 4.57 Å². The van der Waals surface area contributed by atoms with E-state index >= 15 is 0 Å². The summed E-state index contributed by atoms with van der Waals surface area (Å²) in [5.74, 6) is 0. The van der Waals surface area contributed by atoms with Crippen LogP contribution in [-0.4, -0.2) is 4.57 Å². The minimum Gasteiger partial charge on any atom is -0.340 e. The molecule has 20 heavy (non-hydrogen) atoms. The lowest BCUT2D eigenvalue weighted by Crippen LogP contribution is -1.97. The number of halogens is 2. The second-order valence-corrected chi connectivity index (χ2v) is 8.49. The summed E-state index contributed by atoms with van der Waals surface area (Å²) >= 11 is 9.05. The van der Waals surface area contributed by atoms with Crippen molar-refractivity contribution in [3.63, 3.8) is 0 Å². The molecule has 1 aromatic carbocycles. The first-order valence-electron chi connectivity index (χ1n) is 7.07. The van der Waals surface area contributed by atoms with E-state index in [1.165, 1.54) is 50.6 Å². The van der Waals surface area contributed by atoms with E-state index in [0.29, 0.717) is 0 Å². The normalized spacial score (nSPS) is 11.8. The highest BCUT2D eigenvalue weighted by Crippen LogP contribution is 2.38. The molecule has 0 amide bonds. The van der Waals surface area contributed by atoms with Gasteiger partial charge >= 0.3 is 0 Å². The lowest BCUT2D eigenvalue weighted by molar-refractivity contribution is 0.602. The largest absolute Gasteiger partial charge is 0.340 e. The van der Waals surface area contributed by atoms with Gasteiger partial charge in [-0.15, -0.1) is 11.3 Å². The van der Waals surface area contributed by atoms with Crippen LogP contribution in [0.4, 0.5) is 0 Å². The number of aryl methyl sites for hydroxylation is 1. The molecule has 0 fully saturated rings. The summed E-state index contributed by atoms with van der Waals surface area (Å²) in [5, 5.41) is 1.36. The SMILES string of the molecule is CCCCCCn1c2ccc(Br)cc2c2sc(Br)cc21. The van der Waals surface area contributed by atoms with Gasteiger partial charge in [0.05, 0.1) is 19.5 Å². The summed E-state index contributed by atoms with van der Waals surface area (Å²) in [4.78, 5) is 0. The monoisotopic (exact) mass is 413 g/mol. The molecule has 3 aromatic rings. The molecule has 2 heterocycles. The second-order valence-electron chi connectivity index (χ2n) is 5.14. The van der Waals surface area contributed by atoms with E-state index in [1.807, 2.05) is 11.3 Å². The zero-order chi connectivity index (χ0) is 14.1. The summed E-state index contributed by atoms with van der Waals surface area (Å²) in [5.41, 5.74) is 2.73. The molecule has 0 bridgehead atoms. The van der Waals surface area contributed by atoms with Crippen LogP contribution in [-0.2, 0) is 6.54 Å². The number of benzene rings is 1. The van der Waals surface area contributed by atoms with Crippen molar-refractivity contribution in [2.45, 2.75) is 39.2 Å². The van der Waals surface area contributed by atoms with Gasteiger partial charge in [0.1, 0.15) is 0 Å². The van der Waals surface area contributed by atoms with Crippen molar-refractivity contribution in [1.29, 1.82) is 0 Å². The molecule has 3 rings (SSSR count). The van der Waals surface area contributed by atoms with Gasteiger partial charge in [-0.3, -0.25) is 0 Å². The fourth-order valence-corrected chi connectivity index (χ4v) is 4.71. The number of aromatic nitrogens is 1. The molecule has 0 radical (unpaired) electrons. The molecule has 0 aliphatic rings. The van der Waals surface area contributed by atoms with Gasteiger partial charge in [-0.2, -0.15) is 0 Å². The molecular weight excluding hydrogens is 398 g/mol. The van der Waals surface area contributed by atoms with Crippen molar-refractivity contribution in [3.8, 4) is 0 Å². The van der Waals surface area contributed by atoms with E-state index in [-0.39, 0.29) is 0 Å². The lowest BCUT2D eigenvalue weighted by Gasteiger charge is -2.06. The van der Waals surface area contributed by atoms with Crippen LogP contribution in [0.5, 0.6) is 0 Å². The van der Waals surface area contributed by atoms with E-state index in [4.69, 9.17) is 0 Å². The van der Waals surface area contributed by atoms with Gasteiger partial charge in [-0.1, -0.05) is 42.1 Å². The summed E-state index contributed by atoms with van der Waals surface area (Å²) in [6.45, 7) is 3.38. The highest BCUT2D eigenvalue weighted by molar-refractivity contribution is 9.11. The van der Waals surface area contributed by atoms with Crippen molar-refractivity contribution in [2.24, 2.45) is 0 Å². The Morgan fingerprint density at radius 1 is 1.05 bits per heavy atom. The molecule has 4 heteroatoms. The topological polar surface area (TPSA) is 4.93 Å². The van der Waals surface area contributed by atoms with Gasteiger partial charge < -0.3 is 4.57 Å². The number of nitrogens with zero attached hydrogens (tertiary/aromatic N) is 1. The number of hydrogen-bond acceptors (Lipinski definition) is 1. The van der Waals surface area contributed by atoms with Crippen LogP contribution in [0.3, 0.4) is 0 Å². The smallest absolute Gasteiger partial charge is 0.0726 e. The Hall–Kier alpha value is -0.320. The van der Waals surface area contributed by atoms with Gasteiger partial charge in [0.25, 0.3) is 0 Å². The number of thiophene rings is 1. The fourth-order valence-electron chi connectivity index (χ4n) is 2.74. The standard InChI is InChI=1S/C16H17Br2NS/c1-2-3-4-5-8-19-13-7-6-11(17)9-12(13)16-14(19)10-15(18)20-16/h6-7,9-10H,2-5,8H2,1H3. The average molecular weight is 415 g/mol. The van der Waals surface area contributed by atoms with Crippen LogP contribution in [0.2, 0.25) is 0 Å². The molecule has 0 saturated heterocycles. The highest BCUT2D eigenvalue weighted by Gasteiger charge is 2.13. The first-order chi connectivity index (χ1) is 9.70. The lowest BCUT2D eigenvalue weighted by atomic mass is 10.2. The van der Waals surface area contributed by atoms with Crippen LogP contribution in [0.15, 0.2) is 32.5 Å². The van der Waals surface area contributed by atoms with Crippen LogP contribution in [0.1, 0.15) is 32.6 Å². The van der Waals surface area contributed by atoms with Crippen LogP contribution < -0.4 is 0 Å². The van der Waals surface area contributed by atoms with Crippen molar-refractivity contribution in [2.75, 3.05) is 0 Å². The molecule has 0 unspecified atom stereocenters. The maximum Gasteiger partial charge on any atom is 0.0726 e. The molecule has 106 valence electrons. The predicted molar refractivity (Wildman–Crippen MR) is 96.9 cm³/mol. The van der Waals surface area contributed by atoms with E-state index in [2.05, 4.69) is 67.6 Å². The first kappa shape index (κ1) is 14.6. The Morgan fingerprint density at radius 3 is 2.70 bits per heavy atom. The maximum atomic E-state index is 3.63.